The highest BCUT2D eigenvalue weighted by atomic mass is 32.2. The zero-order valence-electron chi connectivity index (χ0n) is 9.82. The number of carboxylic acids is 1. The fraction of sp³-hybridized carbons (Fsp3) is 0.0909. The zero-order valence-corrected chi connectivity index (χ0v) is 11.5. The number of anilines is 1. The van der Waals surface area contributed by atoms with Crippen molar-refractivity contribution in [2.24, 2.45) is 0 Å². The maximum absolute atomic E-state index is 12.0. The summed E-state index contributed by atoms with van der Waals surface area (Å²) in [5.41, 5.74) is 1.06. The van der Waals surface area contributed by atoms with Crippen LogP contribution in [0.2, 0.25) is 0 Å². The number of hydrogen-bond acceptors (Lipinski definition) is 5. The van der Waals surface area contributed by atoms with Gasteiger partial charge in [0.15, 0.2) is 0 Å². The molecular weight excluding hydrogens is 288 g/mol. The number of thiophene rings is 1. The third-order valence-corrected chi connectivity index (χ3v) is 4.67. The van der Waals surface area contributed by atoms with Gasteiger partial charge in [0.05, 0.1) is 10.6 Å². The SMILES string of the molecule is Cc1cc(NS(=O)(=O)c2csc(C(=O)O)c2)ccn1. The van der Waals surface area contributed by atoms with Crippen LogP contribution in [0.5, 0.6) is 0 Å². The molecule has 0 spiro atoms. The Kier molecular flexibility index (Phi) is 3.54. The highest BCUT2D eigenvalue weighted by Gasteiger charge is 2.18. The van der Waals surface area contributed by atoms with E-state index >= 15 is 0 Å². The number of rotatable bonds is 4. The van der Waals surface area contributed by atoms with Crippen molar-refractivity contribution in [1.29, 1.82) is 0 Å². The smallest absolute Gasteiger partial charge is 0.345 e. The summed E-state index contributed by atoms with van der Waals surface area (Å²) in [6, 6.07) is 4.24. The zero-order chi connectivity index (χ0) is 14.0. The second kappa shape index (κ2) is 4.98. The maximum atomic E-state index is 12.0. The first-order chi connectivity index (χ1) is 8.88. The summed E-state index contributed by atoms with van der Waals surface area (Å²) in [5, 5.41) is 10.1. The molecule has 2 aromatic rings. The molecule has 2 N–H and O–H groups in total. The van der Waals surface area contributed by atoms with Crippen LogP contribution < -0.4 is 4.72 Å². The van der Waals surface area contributed by atoms with Crippen LogP contribution in [0, 0.1) is 6.92 Å². The van der Waals surface area contributed by atoms with Crippen LogP contribution in [-0.4, -0.2) is 24.5 Å². The lowest BCUT2D eigenvalue weighted by molar-refractivity contribution is 0.0702. The number of carboxylic acid groups (broad SMARTS) is 1. The summed E-state index contributed by atoms with van der Waals surface area (Å²) in [6.07, 6.45) is 1.49. The van der Waals surface area contributed by atoms with Gasteiger partial charge in [-0.2, -0.15) is 0 Å². The molecule has 6 nitrogen and oxygen atoms in total. The number of sulfonamides is 1. The fourth-order valence-corrected chi connectivity index (χ4v) is 3.56. The number of nitrogens with one attached hydrogen (secondary N) is 1. The Morgan fingerprint density at radius 2 is 2.16 bits per heavy atom. The molecule has 0 radical (unpaired) electrons. The fourth-order valence-electron chi connectivity index (χ4n) is 1.39. The molecule has 8 heteroatoms. The molecule has 0 aromatic carbocycles. The van der Waals surface area contributed by atoms with Crippen LogP contribution in [0.3, 0.4) is 0 Å². The normalized spacial score (nSPS) is 11.2. The van der Waals surface area contributed by atoms with Gasteiger partial charge in [-0.25, -0.2) is 13.2 Å². The molecule has 2 heterocycles. The van der Waals surface area contributed by atoms with Gasteiger partial charge in [-0.3, -0.25) is 9.71 Å². The Balaban J connectivity index is 2.29. The van der Waals surface area contributed by atoms with E-state index in [1.54, 1.807) is 13.0 Å². The Morgan fingerprint density at radius 3 is 2.74 bits per heavy atom. The first-order valence-electron chi connectivity index (χ1n) is 5.16. The number of hydrogen-bond donors (Lipinski definition) is 2. The van der Waals surface area contributed by atoms with Crippen molar-refractivity contribution >= 4 is 33.0 Å². The van der Waals surface area contributed by atoms with Crippen LogP contribution in [0.1, 0.15) is 15.4 Å². The number of aromatic nitrogens is 1. The van der Waals surface area contributed by atoms with E-state index in [2.05, 4.69) is 9.71 Å². The number of aromatic carboxylic acids is 1. The quantitative estimate of drug-likeness (QED) is 0.899. The number of pyridine rings is 1. The van der Waals surface area contributed by atoms with Gasteiger partial charge in [-0.1, -0.05) is 0 Å². The minimum absolute atomic E-state index is 0.0220. The number of nitrogens with zero attached hydrogens (tertiary/aromatic N) is 1. The maximum Gasteiger partial charge on any atom is 0.345 e. The van der Waals surface area contributed by atoms with Gasteiger partial charge in [-0.05, 0) is 25.1 Å². The molecule has 0 unspecified atom stereocenters. The molecule has 0 fully saturated rings. The first kappa shape index (κ1) is 13.5. The minimum atomic E-state index is -3.77. The third-order valence-electron chi connectivity index (χ3n) is 2.25. The molecule has 0 atom stereocenters. The summed E-state index contributed by atoms with van der Waals surface area (Å²) in [4.78, 5) is 14.6. The van der Waals surface area contributed by atoms with Crippen LogP contribution in [0.25, 0.3) is 0 Å². The number of carbonyl (C=O) groups is 1. The van der Waals surface area contributed by atoms with Crippen LogP contribution in [0.4, 0.5) is 5.69 Å². The molecule has 0 saturated heterocycles. The van der Waals surface area contributed by atoms with Crippen molar-refractivity contribution in [3.63, 3.8) is 0 Å². The van der Waals surface area contributed by atoms with E-state index in [0.717, 1.165) is 17.4 Å². The Hall–Kier alpha value is -1.93. The molecule has 2 rings (SSSR count). The molecule has 0 aliphatic heterocycles. The summed E-state index contributed by atoms with van der Waals surface area (Å²) in [5.74, 6) is -1.15. The molecule has 0 saturated carbocycles. The third kappa shape index (κ3) is 3.09. The molecule has 100 valence electrons. The molecule has 0 aliphatic carbocycles. The Bertz CT molecular complexity index is 722. The van der Waals surface area contributed by atoms with Crippen molar-refractivity contribution in [2.45, 2.75) is 11.8 Å². The predicted octanol–water partition coefficient (Wildman–Crippen LogP) is 1.95. The van der Waals surface area contributed by atoms with E-state index in [1.807, 2.05) is 0 Å². The second-order valence-electron chi connectivity index (χ2n) is 3.74. The summed E-state index contributed by atoms with van der Waals surface area (Å²) < 4.78 is 26.4. The van der Waals surface area contributed by atoms with Crippen LogP contribution in [0.15, 0.2) is 34.7 Å². The standard InChI is InChI=1S/C11H10N2O4S2/c1-7-4-8(2-3-12-7)13-19(16,17)9-5-10(11(14)15)18-6-9/h2-6H,1H3,(H,12,13)(H,14,15). The lowest BCUT2D eigenvalue weighted by Gasteiger charge is -2.06. The van der Waals surface area contributed by atoms with Crippen LogP contribution in [-0.2, 0) is 10.0 Å². The van der Waals surface area contributed by atoms with E-state index in [9.17, 15) is 13.2 Å². The average Bonchev–Trinajstić information content (AvgIpc) is 2.78. The van der Waals surface area contributed by atoms with Crippen molar-refractivity contribution in [1.82, 2.24) is 4.98 Å². The monoisotopic (exact) mass is 298 g/mol. The Labute approximate surface area is 113 Å². The molecule has 2 aromatic heterocycles. The van der Waals surface area contributed by atoms with Crippen molar-refractivity contribution in [3.8, 4) is 0 Å². The molecule has 0 bridgehead atoms. The Morgan fingerprint density at radius 1 is 1.42 bits per heavy atom. The van der Waals surface area contributed by atoms with Gasteiger partial charge < -0.3 is 5.11 Å². The van der Waals surface area contributed by atoms with Crippen molar-refractivity contribution in [2.75, 3.05) is 4.72 Å². The lowest BCUT2D eigenvalue weighted by atomic mass is 10.3. The van der Waals surface area contributed by atoms with Gasteiger partial charge >= 0.3 is 5.97 Å². The van der Waals surface area contributed by atoms with E-state index in [4.69, 9.17) is 5.11 Å². The van der Waals surface area contributed by atoms with E-state index in [0.29, 0.717) is 11.4 Å². The van der Waals surface area contributed by atoms with Gasteiger partial charge in [-0.15, -0.1) is 11.3 Å². The lowest BCUT2D eigenvalue weighted by Crippen LogP contribution is -2.12. The molecule has 0 aliphatic rings. The molecule has 0 amide bonds. The van der Waals surface area contributed by atoms with Crippen molar-refractivity contribution in [3.05, 3.63) is 40.3 Å². The van der Waals surface area contributed by atoms with E-state index < -0.39 is 16.0 Å². The summed E-state index contributed by atoms with van der Waals surface area (Å²) >= 11 is 0.867. The van der Waals surface area contributed by atoms with Gasteiger partial charge in [0, 0.05) is 17.3 Å². The van der Waals surface area contributed by atoms with Crippen LogP contribution >= 0.6 is 11.3 Å². The van der Waals surface area contributed by atoms with Crippen molar-refractivity contribution < 1.29 is 18.3 Å². The summed E-state index contributed by atoms with van der Waals surface area (Å²) in [7, 11) is -3.77. The highest BCUT2D eigenvalue weighted by molar-refractivity contribution is 7.92. The van der Waals surface area contributed by atoms with Gasteiger partial charge in [0.25, 0.3) is 10.0 Å². The average molecular weight is 298 g/mol. The predicted molar refractivity (Wildman–Crippen MR) is 71.1 cm³/mol. The first-order valence-corrected chi connectivity index (χ1v) is 7.52. The topological polar surface area (TPSA) is 96.4 Å². The van der Waals surface area contributed by atoms with Gasteiger partial charge in [0.1, 0.15) is 4.88 Å². The molecule has 19 heavy (non-hydrogen) atoms. The minimum Gasteiger partial charge on any atom is -0.477 e. The second-order valence-corrected chi connectivity index (χ2v) is 6.34. The summed E-state index contributed by atoms with van der Waals surface area (Å²) in [6.45, 7) is 1.74. The van der Waals surface area contributed by atoms with E-state index in [1.165, 1.54) is 17.6 Å². The molecular formula is C11H10N2O4S2. The van der Waals surface area contributed by atoms with E-state index in [-0.39, 0.29) is 9.77 Å². The van der Waals surface area contributed by atoms with Gasteiger partial charge in [0.2, 0.25) is 0 Å². The highest BCUT2D eigenvalue weighted by Crippen LogP contribution is 2.22. The largest absolute Gasteiger partial charge is 0.477 e. The number of aryl methyl sites for hydroxylation is 1.